The lowest BCUT2D eigenvalue weighted by Crippen LogP contribution is -1.97. The van der Waals surface area contributed by atoms with Crippen molar-refractivity contribution in [2.45, 2.75) is 33.6 Å². The molecule has 0 N–H and O–H groups in total. The first kappa shape index (κ1) is 14.5. The van der Waals surface area contributed by atoms with Gasteiger partial charge in [-0.25, -0.2) is 4.79 Å². The van der Waals surface area contributed by atoms with Gasteiger partial charge in [-0.1, -0.05) is 45.0 Å². The Morgan fingerprint density at radius 3 is 2.33 bits per heavy atom. The van der Waals surface area contributed by atoms with Crippen LogP contribution in [0.5, 0.6) is 0 Å². The Morgan fingerprint density at radius 1 is 1.28 bits per heavy atom. The number of esters is 1. The predicted molar refractivity (Wildman–Crippen MR) is 75.3 cm³/mol. The molecule has 0 heterocycles. The first-order valence-corrected chi connectivity index (χ1v) is 6.44. The van der Waals surface area contributed by atoms with Gasteiger partial charge >= 0.3 is 5.97 Å². The molecular formula is C16H22O2. The summed E-state index contributed by atoms with van der Waals surface area (Å²) in [6, 6.07) is 8.43. The van der Waals surface area contributed by atoms with Crippen molar-refractivity contribution in [2.75, 3.05) is 7.11 Å². The maximum Gasteiger partial charge on any atom is 0.330 e. The van der Waals surface area contributed by atoms with E-state index in [9.17, 15) is 4.79 Å². The summed E-state index contributed by atoms with van der Waals surface area (Å²) in [5, 5.41) is 0. The first-order chi connectivity index (χ1) is 8.56. The zero-order valence-corrected chi connectivity index (χ0v) is 11.7. The van der Waals surface area contributed by atoms with E-state index in [1.54, 1.807) is 6.08 Å². The summed E-state index contributed by atoms with van der Waals surface area (Å²) < 4.78 is 4.67. The van der Waals surface area contributed by atoms with Crippen molar-refractivity contribution in [1.82, 2.24) is 0 Å². The van der Waals surface area contributed by atoms with Gasteiger partial charge in [0.15, 0.2) is 0 Å². The Hall–Kier alpha value is -1.57. The molecule has 1 aromatic rings. The van der Waals surface area contributed by atoms with Crippen LogP contribution in [-0.2, 0) is 16.0 Å². The molecule has 0 aliphatic rings. The van der Waals surface area contributed by atoms with Crippen LogP contribution < -0.4 is 0 Å². The van der Waals surface area contributed by atoms with Crippen molar-refractivity contribution >= 4 is 11.5 Å². The number of allylic oxidation sites excluding steroid dienone is 1. The molecule has 0 bridgehead atoms. The average molecular weight is 246 g/mol. The highest BCUT2D eigenvalue weighted by Gasteiger charge is 2.04. The Balaban J connectivity index is 2.88. The fourth-order valence-electron chi connectivity index (χ4n) is 1.92. The van der Waals surface area contributed by atoms with Gasteiger partial charge in [-0.2, -0.15) is 0 Å². The fourth-order valence-corrected chi connectivity index (χ4v) is 1.92. The fraction of sp³-hybridized carbons (Fsp3) is 0.438. The minimum atomic E-state index is -0.293. The van der Waals surface area contributed by atoms with Crippen molar-refractivity contribution in [3.8, 4) is 0 Å². The summed E-state index contributed by atoms with van der Waals surface area (Å²) in [5.41, 5.74) is 3.44. The summed E-state index contributed by atoms with van der Waals surface area (Å²) in [5.74, 6) is 0.366. The quantitative estimate of drug-likeness (QED) is 0.582. The van der Waals surface area contributed by atoms with Crippen molar-refractivity contribution in [3.63, 3.8) is 0 Å². The lowest BCUT2D eigenvalue weighted by molar-refractivity contribution is -0.134. The monoisotopic (exact) mass is 246 g/mol. The lowest BCUT2D eigenvalue weighted by Gasteiger charge is -2.08. The van der Waals surface area contributed by atoms with Crippen LogP contribution in [0.15, 0.2) is 30.3 Å². The molecule has 0 aliphatic heterocycles. The number of ether oxygens (including phenoxy) is 1. The first-order valence-electron chi connectivity index (χ1n) is 6.44. The Labute approximate surface area is 110 Å². The molecule has 2 nitrogen and oxygen atoms in total. The van der Waals surface area contributed by atoms with E-state index in [0.29, 0.717) is 5.92 Å². The molecule has 0 saturated carbocycles. The van der Waals surface area contributed by atoms with Crippen molar-refractivity contribution < 1.29 is 9.53 Å². The van der Waals surface area contributed by atoms with E-state index in [1.807, 2.05) is 6.92 Å². The molecule has 0 fully saturated rings. The molecule has 1 rings (SSSR count). The zero-order chi connectivity index (χ0) is 13.5. The largest absolute Gasteiger partial charge is 0.466 e. The van der Waals surface area contributed by atoms with Crippen molar-refractivity contribution in [3.05, 3.63) is 41.5 Å². The predicted octanol–water partition coefficient (Wildman–Crippen LogP) is 3.85. The summed E-state index contributed by atoms with van der Waals surface area (Å²) in [4.78, 5) is 11.3. The Morgan fingerprint density at radius 2 is 1.89 bits per heavy atom. The molecule has 0 saturated heterocycles. The van der Waals surface area contributed by atoms with Gasteiger partial charge < -0.3 is 4.74 Å². The average Bonchev–Trinajstić information content (AvgIpc) is 2.36. The van der Waals surface area contributed by atoms with Gasteiger partial charge in [0.05, 0.1) is 7.11 Å². The van der Waals surface area contributed by atoms with Crippen molar-refractivity contribution in [2.24, 2.45) is 5.92 Å². The molecule has 0 atom stereocenters. The van der Waals surface area contributed by atoms with E-state index in [-0.39, 0.29) is 5.97 Å². The highest BCUT2D eigenvalue weighted by atomic mass is 16.5. The molecule has 0 unspecified atom stereocenters. The van der Waals surface area contributed by atoms with Crippen LogP contribution in [0, 0.1) is 5.92 Å². The summed E-state index contributed by atoms with van der Waals surface area (Å²) in [7, 11) is 1.40. The van der Waals surface area contributed by atoms with E-state index in [1.165, 1.54) is 12.7 Å². The molecule has 0 aromatic heterocycles. The molecule has 98 valence electrons. The van der Waals surface area contributed by atoms with Crippen molar-refractivity contribution in [1.29, 1.82) is 0 Å². The van der Waals surface area contributed by atoms with Gasteiger partial charge in [-0.15, -0.1) is 0 Å². The van der Waals surface area contributed by atoms with Crippen LogP contribution in [0.4, 0.5) is 0 Å². The zero-order valence-electron chi connectivity index (χ0n) is 11.7. The van der Waals surface area contributed by atoms with E-state index in [4.69, 9.17) is 0 Å². The SMILES string of the molecule is CCC(=CC(=O)OC)c1ccc(CC(C)C)cc1. The number of rotatable bonds is 5. The second-order valence-corrected chi connectivity index (χ2v) is 4.84. The van der Waals surface area contributed by atoms with Gasteiger partial charge in [0.1, 0.15) is 0 Å². The maximum atomic E-state index is 11.3. The van der Waals surface area contributed by atoms with Crippen LogP contribution in [0.3, 0.4) is 0 Å². The van der Waals surface area contributed by atoms with Gasteiger partial charge in [-0.05, 0) is 35.5 Å². The maximum absolute atomic E-state index is 11.3. The minimum absolute atomic E-state index is 0.293. The molecule has 0 spiro atoms. The number of carbonyl (C=O) groups is 1. The van der Waals surface area contributed by atoms with Crippen LogP contribution in [0.2, 0.25) is 0 Å². The highest BCUT2D eigenvalue weighted by Crippen LogP contribution is 2.19. The molecular weight excluding hydrogens is 224 g/mol. The third-order valence-electron chi connectivity index (χ3n) is 2.84. The van der Waals surface area contributed by atoms with Gasteiger partial charge in [-0.3, -0.25) is 0 Å². The van der Waals surface area contributed by atoms with Gasteiger partial charge in [0.25, 0.3) is 0 Å². The Bertz CT molecular complexity index is 413. The molecule has 0 aliphatic carbocycles. The van der Waals surface area contributed by atoms with Gasteiger partial charge in [0.2, 0.25) is 0 Å². The molecule has 0 radical (unpaired) electrons. The van der Waals surface area contributed by atoms with Crippen LogP contribution in [-0.4, -0.2) is 13.1 Å². The third-order valence-corrected chi connectivity index (χ3v) is 2.84. The van der Waals surface area contributed by atoms with E-state index in [0.717, 1.165) is 24.0 Å². The Kier molecular flexibility index (Phi) is 5.63. The van der Waals surface area contributed by atoms with E-state index < -0.39 is 0 Å². The molecule has 2 heteroatoms. The highest BCUT2D eigenvalue weighted by molar-refractivity contribution is 5.91. The smallest absolute Gasteiger partial charge is 0.330 e. The van der Waals surface area contributed by atoms with E-state index >= 15 is 0 Å². The minimum Gasteiger partial charge on any atom is -0.466 e. The van der Waals surface area contributed by atoms with Crippen LogP contribution >= 0.6 is 0 Å². The second-order valence-electron chi connectivity index (χ2n) is 4.84. The number of methoxy groups -OCH3 is 1. The summed E-state index contributed by atoms with van der Waals surface area (Å²) in [6.45, 7) is 6.46. The molecule has 18 heavy (non-hydrogen) atoms. The topological polar surface area (TPSA) is 26.3 Å². The standard InChI is InChI=1S/C16H22O2/c1-5-14(11-16(17)18-4)15-8-6-13(7-9-15)10-12(2)3/h6-9,11-12H,5,10H2,1-4H3. The normalized spacial score (nSPS) is 11.7. The summed E-state index contributed by atoms with van der Waals surface area (Å²) >= 11 is 0. The number of carbonyl (C=O) groups excluding carboxylic acids is 1. The molecule has 0 amide bonds. The number of hydrogen-bond acceptors (Lipinski definition) is 2. The second kappa shape index (κ2) is 7.00. The van der Waals surface area contributed by atoms with Crippen LogP contribution in [0.1, 0.15) is 38.3 Å². The summed E-state index contributed by atoms with van der Waals surface area (Å²) in [6.07, 6.45) is 3.47. The van der Waals surface area contributed by atoms with Gasteiger partial charge in [0, 0.05) is 6.08 Å². The third kappa shape index (κ3) is 4.36. The number of benzene rings is 1. The van der Waals surface area contributed by atoms with E-state index in [2.05, 4.69) is 42.8 Å². The molecule has 1 aromatic carbocycles. The lowest BCUT2D eigenvalue weighted by atomic mass is 9.98. The van der Waals surface area contributed by atoms with Crippen LogP contribution in [0.25, 0.3) is 5.57 Å². The number of hydrogen-bond donors (Lipinski definition) is 0.